The fourth-order valence-corrected chi connectivity index (χ4v) is 5.18. The van der Waals surface area contributed by atoms with E-state index in [1.807, 2.05) is 17.0 Å². The molecule has 1 aromatic carbocycles. The van der Waals surface area contributed by atoms with Crippen molar-refractivity contribution in [2.45, 2.75) is 57.5 Å². The lowest BCUT2D eigenvalue weighted by Gasteiger charge is -2.25. The van der Waals surface area contributed by atoms with E-state index in [4.69, 9.17) is 26.1 Å². The highest BCUT2D eigenvalue weighted by Gasteiger charge is 2.29. The van der Waals surface area contributed by atoms with E-state index in [2.05, 4.69) is 30.4 Å². The molecule has 2 aromatic heterocycles. The number of carbonyl (C=O) groups is 2. The van der Waals surface area contributed by atoms with Gasteiger partial charge < -0.3 is 29.8 Å². The van der Waals surface area contributed by atoms with Crippen LogP contribution >= 0.6 is 11.6 Å². The fraction of sp³-hybridized carbons (Fsp3) is 0.467. The molecule has 1 aliphatic rings. The van der Waals surface area contributed by atoms with Crippen molar-refractivity contribution >= 4 is 35.2 Å². The minimum Gasteiger partial charge on any atom is -0.495 e. The summed E-state index contributed by atoms with van der Waals surface area (Å²) in [6.45, 7) is 1.44. The number of carbonyl (C=O) groups excluding carboxylic acids is 2. The Bertz CT molecular complexity index is 1470. The third kappa shape index (κ3) is 10.4. The number of unbranched alkanes of at least 4 members (excludes halogenated alkanes) is 2. The minimum atomic E-state index is -0.826. The molecule has 15 nitrogen and oxygen atoms in total. The van der Waals surface area contributed by atoms with Gasteiger partial charge in [0.15, 0.2) is 0 Å². The molecule has 16 heteroatoms. The van der Waals surface area contributed by atoms with Crippen LogP contribution in [0.25, 0.3) is 0 Å². The Labute approximate surface area is 271 Å². The molecule has 1 saturated heterocycles. The van der Waals surface area contributed by atoms with Crippen LogP contribution in [-0.2, 0) is 27.3 Å². The summed E-state index contributed by atoms with van der Waals surface area (Å²) < 4.78 is 10.8. The summed E-state index contributed by atoms with van der Waals surface area (Å²) in [4.78, 5) is 59.6. The molecule has 1 atom stereocenters. The molecule has 1 fully saturated rings. The summed E-state index contributed by atoms with van der Waals surface area (Å²) in [5.74, 6) is 1.12. The van der Waals surface area contributed by atoms with E-state index in [0.29, 0.717) is 67.1 Å². The van der Waals surface area contributed by atoms with Crippen molar-refractivity contribution in [2.24, 2.45) is 0 Å². The van der Waals surface area contributed by atoms with Crippen molar-refractivity contribution in [3.63, 3.8) is 0 Å². The Morgan fingerprint density at radius 2 is 2.00 bits per heavy atom. The fourth-order valence-electron chi connectivity index (χ4n) is 4.90. The quantitative estimate of drug-likeness (QED) is 0.0873. The van der Waals surface area contributed by atoms with E-state index in [0.717, 1.165) is 18.4 Å². The first kappa shape index (κ1) is 34.1. The number of nitrogens with one attached hydrogen (secondary N) is 2. The SMILES string of the molecule is COc1ccc(CCNc2nc(N3CCC[C@H]3COC(=O)CCCCCO[N+](=O)[O-])ncc2C(=O)NCc2ncccn2)cc1Cl. The number of rotatable bonds is 18. The van der Waals surface area contributed by atoms with Crippen LogP contribution in [0.1, 0.15) is 60.3 Å². The van der Waals surface area contributed by atoms with Gasteiger partial charge in [0.25, 0.3) is 11.0 Å². The van der Waals surface area contributed by atoms with E-state index in [1.165, 1.54) is 6.20 Å². The van der Waals surface area contributed by atoms with Gasteiger partial charge in [0, 0.05) is 38.1 Å². The van der Waals surface area contributed by atoms with E-state index < -0.39 is 5.09 Å². The zero-order valence-corrected chi connectivity index (χ0v) is 26.3. The van der Waals surface area contributed by atoms with Gasteiger partial charge in [-0.2, -0.15) is 4.98 Å². The van der Waals surface area contributed by atoms with Crippen molar-refractivity contribution in [3.8, 4) is 5.75 Å². The number of hydrogen-bond donors (Lipinski definition) is 2. The molecule has 46 heavy (non-hydrogen) atoms. The number of methoxy groups -OCH3 is 1. The van der Waals surface area contributed by atoms with Crippen LogP contribution in [0.2, 0.25) is 5.02 Å². The molecule has 0 aliphatic carbocycles. The molecular weight excluding hydrogens is 620 g/mol. The molecule has 1 aliphatic heterocycles. The van der Waals surface area contributed by atoms with Gasteiger partial charge in [-0.05, 0) is 55.9 Å². The maximum absolute atomic E-state index is 13.2. The molecule has 4 rings (SSSR count). The molecule has 0 bridgehead atoms. The van der Waals surface area contributed by atoms with Crippen molar-refractivity contribution in [1.29, 1.82) is 0 Å². The van der Waals surface area contributed by atoms with Crippen molar-refractivity contribution in [1.82, 2.24) is 25.3 Å². The van der Waals surface area contributed by atoms with E-state index in [1.54, 1.807) is 31.6 Å². The predicted octanol–water partition coefficient (Wildman–Crippen LogP) is 3.79. The van der Waals surface area contributed by atoms with Gasteiger partial charge in [-0.3, -0.25) is 9.59 Å². The first-order valence-electron chi connectivity index (χ1n) is 15.0. The smallest absolute Gasteiger partial charge is 0.305 e. The average molecular weight is 657 g/mol. The van der Waals surface area contributed by atoms with Crippen LogP contribution in [-0.4, -0.2) is 76.4 Å². The maximum Gasteiger partial charge on any atom is 0.305 e. The zero-order valence-electron chi connectivity index (χ0n) is 25.5. The predicted molar refractivity (Wildman–Crippen MR) is 168 cm³/mol. The normalized spacial score (nSPS) is 14.0. The molecule has 3 aromatic rings. The van der Waals surface area contributed by atoms with Gasteiger partial charge in [-0.1, -0.05) is 24.1 Å². The third-order valence-corrected chi connectivity index (χ3v) is 7.56. The van der Waals surface area contributed by atoms with Crippen LogP contribution in [0.5, 0.6) is 5.75 Å². The van der Waals surface area contributed by atoms with Crippen LogP contribution in [0.15, 0.2) is 42.9 Å². The number of aromatic nitrogens is 4. The van der Waals surface area contributed by atoms with Gasteiger partial charge in [-0.25, -0.2) is 15.0 Å². The highest BCUT2D eigenvalue weighted by Crippen LogP contribution is 2.27. The molecule has 0 unspecified atom stereocenters. The van der Waals surface area contributed by atoms with Gasteiger partial charge in [0.1, 0.15) is 29.6 Å². The molecule has 0 spiro atoms. The lowest BCUT2D eigenvalue weighted by molar-refractivity contribution is -0.757. The second kappa shape index (κ2) is 17.6. The Morgan fingerprint density at radius 3 is 2.76 bits per heavy atom. The number of esters is 1. The standard InChI is InChI=1S/C30H37ClN8O7/c1-44-25-10-9-21(17-24(25)31)11-14-34-28-23(29(41)35-19-26-32-12-6-13-33-26)18-36-30(37-28)38-15-5-7-22(38)20-45-27(40)8-3-2-4-16-46-39(42)43/h6,9-10,12-13,17-18,22H,2-5,7-8,11,14-16,19-20H2,1H3,(H,35,41)(H,34,36,37)/t22-/m0/s1. The number of anilines is 2. The minimum absolute atomic E-state index is 0.00759. The van der Waals surface area contributed by atoms with Crippen molar-refractivity contribution in [2.75, 3.05) is 43.6 Å². The Morgan fingerprint density at radius 1 is 1.17 bits per heavy atom. The summed E-state index contributed by atoms with van der Waals surface area (Å²) in [5, 5.41) is 16.0. The number of halogens is 1. The topological polar surface area (TPSA) is 184 Å². The van der Waals surface area contributed by atoms with Crippen LogP contribution in [0.4, 0.5) is 11.8 Å². The summed E-state index contributed by atoms with van der Waals surface area (Å²) in [6.07, 6.45) is 8.82. The second-order valence-corrected chi connectivity index (χ2v) is 10.9. The molecule has 246 valence electrons. The molecule has 3 heterocycles. The van der Waals surface area contributed by atoms with Crippen molar-refractivity contribution < 1.29 is 29.0 Å². The molecule has 2 N–H and O–H groups in total. The van der Waals surface area contributed by atoms with Gasteiger partial charge in [-0.15, -0.1) is 10.1 Å². The Balaban J connectivity index is 1.39. The molecular formula is C30H37ClN8O7. The molecule has 0 radical (unpaired) electrons. The first-order chi connectivity index (χ1) is 22.3. The summed E-state index contributed by atoms with van der Waals surface area (Å²) >= 11 is 6.29. The number of hydrogen-bond acceptors (Lipinski definition) is 13. The highest BCUT2D eigenvalue weighted by atomic mass is 35.5. The summed E-state index contributed by atoms with van der Waals surface area (Å²) in [5.41, 5.74) is 1.24. The first-order valence-corrected chi connectivity index (χ1v) is 15.4. The zero-order chi connectivity index (χ0) is 32.7. The van der Waals surface area contributed by atoms with Crippen LogP contribution in [0.3, 0.4) is 0 Å². The highest BCUT2D eigenvalue weighted by molar-refractivity contribution is 6.32. The average Bonchev–Trinajstić information content (AvgIpc) is 3.53. The third-order valence-electron chi connectivity index (χ3n) is 7.26. The summed E-state index contributed by atoms with van der Waals surface area (Å²) in [6, 6.07) is 7.14. The molecule has 1 amide bonds. The van der Waals surface area contributed by atoms with Crippen molar-refractivity contribution in [3.05, 3.63) is 74.9 Å². The Kier molecular flexibility index (Phi) is 13.1. The monoisotopic (exact) mass is 656 g/mol. The van der Waals surface area contributed by atoms with Gasteiger partial charge >= 0.3 is 5.97 Å². The number of ether oxygens (including phenoxy) is 2. The largest absolute Gasteiger partial charge is 0.495 e. The van der Waals surface area contributed by atoms with E-state index in [9.17, 15) is 19.7 Å². The van der Waals surface area contributed by atoms with Gasteiger partial charge in [0.2, 0.25) is 5.95 Å². The second-order valence-electron chi connectivity index (χ2n) is 10.5. The van der Waals surface area contributed by atoms with Crippen LogP contribution < -0.4 is 20.3 Å². The summed E-state index contributed by atoms with van der Waals surface area (Å²) in [7, 11) is 1.56. The van der Waals surface area contributed by atoms with Gasteiger partial charge in [0.05, 0.1) is 31.3 Å². The maximum atomic E-state index is 13.2. The number of amides is 1. The van der Waals surface area contributed by atoms with E-state index >= 15 is 0 Å². The molecule has 0 saturated carbocycles. The van der Waals surface area contributed by atoms with E-state index in [-0.39, 0.29) is 49.7 Å². The Hall–Kier alpha value is -4.79. The number of nitrogens with zero attached hydrogens (tertiary/aromatic N) is 6. The van der Waals surface area contributed by atoms with Crippen LogP contribution in [0, 0.1) is 10.1 Å². The number of benzene rings is 1. The lowest BCUT2D eigenvalue weighted by Crippen LogP contribution is -2.35. The lowest BCUT2D eigenvalue weighted by atomic mass is 10.1.